The fourth-order valence-corrected chi connectivity index (χ4v) is 9.05. The average Bonchev–Trinajstić information content (AvgIpc) is 3.49. The maximum atomic E-state index is 14.6. The number of aromatic nitrogens is 3. The Labute approximate surface area is 237 Å². The molecule has 0 aliphatic carbocycles. The number of likely N-dealkylation sites (tertiary alicyclic amines) is 1. The summed E-state index contributed by atoms with van der Waals surface area (Å²) in [6.07, 6.45) is 9.49. The molecular weight excluding hydrogens is 530 g/mol. The number of aliphatic hydroxyl groups excluding tert-OH is 1. The first-order chi connectivity index (χ1) is 19.2. The number of amides is 2. The molecule has 212 valence electrons. The quantitative estimate of drug-likeness (QED) is 0.434. The number of thioether (sulfide) groups is 1. The summed E-state index contributed by atoms with van der Waals surface area (Å²) in [5.41, 5.74) is 1.53. The number of fused-ring (bicyclic) bond motifs is 3. The number of hydrogen-bond donors (Lipinski definition) is 1. The third-order valence-electron chi connectivity index (χ3n) is 8.81. The highest BCUT2D eigenvalue weighted by Gasteiger charge is 2.74. The van der Waals surface area contributed by atoms with Crippen LogP contribution in [0.1, 0.15) is 33.6 Å². The molecule has 2 saturated heterocycles. The molecule has 0 radical (unpaired) electrons. The molecule has 4 aliphatic heterocycles. The Kier molecular flexibility index (Phi) is 6.77. The smallest absolute Gasteiger partial charge is 0.311 e. The van der Waals surface area contributed by atoms with Gasteiger partial charge in [0.05, 0.1) is 41.4 Å². The van der Waals surface area contributed by atoms with Gasteiger partial charge in [-0.1, -0.05) is 55.5 Å². The second kappa shape index (κ2) is 10.0. The molecule has 1 unspecified atom stereocenters. The summed E-state index contributed by atoms with van der Waals surface area (Å²) in [7, 11) is 0. The third-order valence-corrected chi connectivity index (χ3v) is 10.6. The Morgan fingerprint density at radius 2 is 1.93 bits per heavy atom. The van der Waals surface area contributed by atoms with Gasteiger partial charge in [-0.25, -0.2) is 4.68 Å². The molecular formula is C29H35N5O5S. The van der Waals surface area contributed by atoms with Crippen LogP contribution in [0.5, 0.6) is 0 Å². The molecule has 40 heavy (non-hydrogen) atoms. The van der Waals surface area contributed by atoms with Crippen molar-refractivity contribution < 1.29 is 24.2 Å². The van der Waals surface area contributed by atoms with Crippen LogP contribution in [0, 0.1) is 17.8 Å². The molecule has 4 aliphatic rings. The number of nitrogens with zero attached hydrogens (tertiary/aromatic N) is 5. The van der Waals surface area contributed by atoms with Crippen molar-refractivity contribution >= 4 is 40.6 Å². The van der Waals surface area contributed by atoms with Crippen LogP contribution < -0.4 is 0 Å². The Morgan fingerprint density at radius 1 is 1.12 bits per heavy atom. The Bertz CT molecular complexity index is 1410. The van der Waals surface area contributed by atoms with Crippen LogP contribution in [0.2, 0.25) is 0 Å². The monoisotopic (exact) mass is 565 g/mol. The molecule has 0 bridgehead atoms. The van der Waals surface area contributed by atoms with E-state index in [1.807, 2.05) is 63.3 Å². The van der Waals surface area contributed by atoms with Crippen LogP contribution >= 0.6 is 11.8 Å². The number of aliphatic hydroxyl groups is 1. The Hall–Kier alpha value is -3.18. The zero-order valence-corrected chi connectivity index (χ0v) is 23.8. The van der Waals surface area contributed by atoms with Crippen LogP contribution in [-0.4, -0.2) is 89.0 Å². The van der Waals surface area contributed by atoms with Crippen LogP contribution in [0.25, 0.3) is 11.0 Å². The minimum atomic E-state index is -1.00. The zero-order chi connectivity index (χ0) is 28.2. The summed E-state index contributed by atoms with van der Waals surface area (Å²) in [5.74, 6) is -2.60. The van der Waals surface area contributed by atoms with Gasteiger partial charge in [0.25, 0.3) is 0 Å². The normalized spacial score (nSPS) is 33.6. The van der Waals surface area contributed by atoms with Crippen molar-refractivity contribution in [3.05, 3.63) is 48.6 Å². The van der Waals surface area contributed by atoms with Crippen molar-refractivity contribution in [3.8, 4) is 0 Å². The number of cyclic esters (lactones) is 1. The summed E-state index contributed by atoms with van der Waals surface area (Å²) >= 11 is 1.51. The van der Waals surface area contributed by atoms with Gasteiger partial charge in [-0.15, -0.1) is 16.9 Å². The first-order valence-electron chi connectivity index (χ1n) is 13.9. The van der Waals surface area contributed by atoms with E-state index < -0.39 is 39.4 Å². The number of rotatable bonds is 5. The molecule has 1 spiro atoms. The van der Waals surface area contributed by atoms with Crippen molar-refractivity contribution in [2.45, 2.75) is 61.9 Å². The fourth-order valence-electron chi connectivity index (χ4n) is 6.91. The SMILES string of the molecule is CC(C)[C@H](CO)N1C(=O)[C@@H]2[C@@H]3C(=O)OCCC/C=C\[C@]3(C)S[C@@]23C=CCN(Cn2nnc4ccccc42)C(=O)C13. The van der Waals surface area contributed by atoms with E-state index in [9.17, 15) is 19.5 Å². The van der Waals surface area contributed by atoms with Crippen molar-refractivity contribution in [2.75, 3.05) is 19.8 Å². The first-order valence-corrected chi connectivity index (χ1v) is 14.8. The predicted octanol–water partition coefficient (Wildman–Crippen LogP) is 2.38. The van der Waals surface area contributed by atoms with Crippen LogP contribution in [0.3, 0.4) is 0 Å². The van der Waals surface area contributed by atoms with Crippen LogP contribution in [-0.2, 0) is 25.8 Å². The van der Waals surface area contributed by atoms with Gasteiger partial charge in [-0.3, -0.25) is 14.4 Å². The highest BCUT2D eigenvalue weighted by molar-refractivity contribution is 8.02. The van der Waals surface area contributed by atoms with E-state index in [0.29, 0.717) is 13.2 Å². The van der Waals surface area contributed by atoms with E-state index in [-0.39, 0.29) is 31.0 Å². The minimum Gasteiger partial charge on any atom is -0.465 e. The van der Waals surface area contributed by atoms with Crippen molar-refractivity contribution in [1.29, 1.82) is 0 Å². The van der Waals surface area contributed by atoms with E-state index >= 15 is 0 Å². The first kappa shape index (κ1) is 27.0. The second-order valence-corrected chi connectivity index (χ2v) is 13.4. The molecule has 5 heterocycles. The van der Waals surface area contributed by atoms with Crippen LogP contribution in [0.15, 0.2) is 48.6 Å². The van der Waals surface area contributed by atoms with Gasteiger partial charge in [-0.05, 0) is 37.8 Å². The summed E-state index contributed by atoms with van der Waals surface area (Å²) in [5, 5.41) is 19.0. The number of ether oxygens (including phenoxy) is 1. The third kappa shape index (κ3) is 4.00. The molecule has 1 N–H and O–H groups in total. The van der Waals surface area contributed by atoms with Gasteiger partial charge >= 0.3 is 5.97 Å². The number of esters is 1. The Balaban J connectivity index is 1.47. The summed E-state index contributed by atoms with van der Waals surface area (Å²) < 4.78 is 5.63. The Morgan fingerprint density at radius 3 is 2.70 bits per heavy atom. The van der Waals surface area contributed by atoms with Gasteiger partial charge in [0.2, 0.25) is 11.8 Å². The van der Waals surface area contributed by atoms with E-state index in [2.05, 4.69) is 16.4 Å². The standard InChI is InChI=1S/C29H35N5O5S/c1-18(2)21(16-35)34-24-26(37)32(17-33-20-11-6-5-10-19(20)30-31-33)14-9-13-29(24)22(25(34)36)23-27(38)39-15-8-4-7-12-28(23,3)40-29/h5-7,9-13,18,21-24,35H,4,8,14-17H2,1-3H3/b12-7-/t21-,22-,23+,24?,28-,29-/m0/s1. The average molecular weight is 566 g/mol. The molecule has 6 rings (SSSR count). The topological polar surface area (TPSA) is 118 Å². The zero-order valence-electron chi connectivity index (χ0n) is 23.0. The largest absolute Gasteiger partial charge is 0.465 e. The van der Waals surface area contributed by atoms with Crippen molar-refractivity contribution in [1.82, 2.24) is 24.8 Å². The van der Waals surface area contributed by atoms with E-state index in [1.165, 1.54) is 11.8 Å². The lowest BCUT2D eigenvalue weighted by molar-refractivity contribution is -0.155. The number of allylic oxidation sites excluding steroid dienone is 1. The van der Waals surface area contributed by atoms with Gasteiger partial charge < -0.3 is 19.6 Å². The molecule has 2 aromatic rings. The highest BCUT2D eigenvalue weighted by Crippen LogP contribution is 2.65. The van der Waals surface area contributed by atoms with E-state index in [0.717, 1.165) is 23.9 Å². The molecule has 11 heteroatoms. The lowest BCUT2D eigenvalue weighted by Gasteiger charge is -2.40. The van der Waals surface area contributed by atoms with E-state index in [4.69, 9.17) is 4.74 Å². The summed E-state index contributed by atoms with van der Waals surface area (Å²) in [4.78, 5) is 45.9. The molecule has 2 fully saturated rings. The van der Waals surface area contributed by atoms with Crippen molar-refractivity contribution in [3.63, 3.8) is 0 Å². The molecule has 0 saturated carbocycles. The number of carbonyl (C=O) groups excluding carboxylic acids is 3. The van der Waals surface area contributed by atoms with E-state index in [1.54, 1.807) is 14.5 Å². The lowest BCUT2D eigenvalue weighted by atomic mass is 9.74. The minimum absolute atomic E-state index is 0.110. The van der Waals surface area contributed by atoms with Gasteiger partial charge in [-0.2, -0.15) is 0 Å². The number of benzene rings is 1. The van der Waals surface area contributed by atoms with Gasteiger partial charge in [0.1, 0.15) is 18.2 Å². The van der Waals surface area contributed by atoms with Crippen LogP contribution in [0.4, 0.5) is 0 Å². The highest BCUT2D eigenvalue weighted by atomic mass is 32.2. The van der Waals surface area contributed by atoms with Gasteiger partial charge in [0, 0.05) is 11.3 Å². The maximum absolute atomic E-state index is 14.6. The number of para-hydroxylation sites is 1. The fraction of sp³-hybridized carbons (Fsp3) is 0.552. The molecule has 2 amide bonds. The summed E-state index contributed by atoms with van der Waals surface area (Å²) in [6, 6.07) is 6.07. The summed E-state index contributed by atoms with van der Waals surface area (Å²) in [6.45, 7) is 6.31. The molecule has 10 nitrogen and oxygen atoms in total. The molecule has 6 atom stereocenters. The van der Waals surface area contributed by atoms with Crippen molar-refractivity contribution in [2.24, 2.45) is 17.8 Å². The number of hydrogen-bond acceptors (Lipinski definition) is 8. The molecule has 1 aromatic heterocycles. The predicted molar refractivity (Wildman–Crippen MR) is 150 cm³/mol. The second-order valence-electron chi connectivity index (χ2n) is 11.6. The lowest BCUT2D eigenvalue weighted by Crippen LogP contribution is -2.58. The molecule has 1 aromatic carbocycles. The number of carbonyl (C=O) groups is 3. The maximum Gasteiger partial charge on any atom is 0.311 e. The van der Waals surface area contributed by atoms with Gasteiger partial charge in [0.15, 0.2) is 0 Å².